The second-order valence-electron chi connectivity index (χ2n) is 6.08. The molecule has 5 aromatic rings. The Balaban J connectivity index is 1.53. The van der Waals surface area contributed by atoms with Gasteiger partial charge >= 0.3 is 0 Å². The summed E-state index contributed by atoms with van der Waals surface area (Å²) in [6, 6.07) is 15.9. The van der Waals surface area contributed by atoms with Gasteiger partial charge in [-0.25, -0.2) is 9.97 Å². The second-order valence-corrected chi connectivity index (χ2v) is 6.08. The molecule has 3 aromatic heterocycles. The van der Waals surface area contributed by atoms with Crippen molar-refractivity contribution in [3.63, 3.8) is 0 Å². The minimum atomic E-state index is 0.542. The SMILES string of the molecule is Cc1[nH]c2ccccc2c1/C=N/Nc1ncnc2c1oc1ccccc12. The first-order chi connectivity index (χ1) is 12.8. The van der Waals surface area contributed by atoms with Gasteiger partial charge in [-0.2, -0.15) is 5.10 Å². The van der Waals surface area contributed by atoms with Gasteiger partial charge in [0.2, 0.25) is 0 Å². The van der Waals surface area contributed by atoms with Gasteiger partial charge in [-0.15, -0.1) is 0 Å². The number of hydrogen-bond acceptors (Lipinski definition) is 5. The molecule has 0 saturated carbocycles. The van der Waals surface area contributed by atoms with Crippen LogP contribution in [0.2, 0.25) is 0 Å². The van der Waals surface area contributed by atoms with Gasteiger partial charge in [-0.3, -0.25) is 5.43 Å². The Bertz CT molecular complexity index is 1280. The maximum Gasteiger partial charge on any atom is 0.197 e. The van der Waals surface area contributed by atoms with E-state index in [0.717, 1.165) is 38.6 Å². The second kappa shape index (κ2) is 5.70. The van der Waals surface area contributed by atoms with Gasteiger partial charge in [-0.05, 0) is 25.1 Å². The highest BCUT2D eigenvalue weighted by atomic mass is 16.3. The lowest BCUT2D eigenvalue weighted by atomic mass is 10.1. The molecule has 0 aliphatic heterocycles. The zero-order valence-electron chi connectivity index (χ0n) is 14.0. The molecule has 0 spiro atoms. The average Bonchev–Trinajstić information content (AvgIpc) is 3.20. The maximum atomic E-state index is 5.90. The number of anilines is 1. The van der Waals surface area contributed by atoms with Crippen LogP contribution in [0.4, 0.5) is 5.82 Å². The number of aromatic amines is 1. The molecule has 0 radical (unpaired) electrons. The minimum absolute atomic E-state index is 0.542. The Morgan fingerprint density at radius 3 is 2.77 bits per heavy atom. The molecule has 6 nitrogen and oxygen atoms in total. The maximum absolute atomic E-state index is 5.90. The first-order valence-electron chi connectivity index (χ1n) is 8.30. The van der Waals surface area contributed by atoms with E-state index in [0.29, 0.717) is 11.4 Å². The predicted octanol–water partition coefficient (Wildman–Crippen LogP) is 4.61. The van der Waals surface area contributed by atoms with E-state index in [2.05, 4.69) is 37.6 Å². The molecule has 0 saturated heterocycles. The first kappa shape index (κ1) is 14.7. The molecule has 0 aliphatic carbocycles. The molecule has 2 N–H and O–H groups in total. The van der Waals surface area contributed by atoms with Crippen molar-refractivity contribution >= 4 is 45.0 Å². The number of nitrogens with zero attached hydrogens (tertiary/aromatic N) is 3. The molecule has 6 heteroatoms. The van der Waals surface area contributed by atoms with Gasteiger partial charge in [0.25, 0.3) is 0 Å². The molecule has 26 heavy (non-hydrogen) atoms. The number of furan rings is 1. The van der Waals surface area contributed by atoms with E-state index in [1.165, 1.54) is 6.33 Å². The quantitative estimate of drug-likeness (QED) is 0.371. The van der Waals surface area contributed by atoms with E-state index in [-0.39, 0.29) is 0 Å². The Morgan fingerprint density at radius 1 is 1.04 bits per heavy atom. The molecule has 0 atom stereocenters. The number of aromatic nitrogens is 3. The van der Waals surface area contributed by atoms with E-state index in [1.807, 2.05) is 43.3 Å². The Kier molecular flexibility index (Phi) is 3.21. The summed E-state index contributed by atoms with van der Waals surface area (Å²) in [4.78, 5) is 12.0. The zero-order valence-corrected chi connectivity index (χ0v) is 14.0. The van der Waals surface area contributed by atoms with Crippen LogP contribution in [0.1, 0.15) is 11.3 Å². The largest absolute Gasteiger partial charge is 0.450 e. The van der Waals surface area contributed by atoms with Crippen molar-refractivity contribution in [2.24, 2.45) is 5.10 Å². The van der Waals surface area contributed by atoms with Gasteiger partial charge < -0.3 is 9.40 Å². The fourth-order valence-electron chi connectivity index (χ4n) is 3.23. The third-order valence-corrected chi connectivity index (χ3v) is 4.47. The van der Waals surface area contributed by atoms with Crippen molar-refractivity contribution in [3.8, 4) is 0 Å². The van der Waals surface area contributed by atoms with Gasteiger partial charge in [-0.1, -0.05) is 30.3 Å². The van der Waals surface area contributed by atoms with Crippen molar-refractivity contribution in [2.45, 2.75) is 6.92 Å². The van der Waals surface area contributed by atoms with Crippen molar-refractivity contribution in [2.75, 3.05) is 5.43 Å². The van der Waals surface area contributed by atoms with Crippen molar-refractivity contribution in [1.82, 2.24) is 15.0 Å². The van der Waals surface area contributed by atoms with Crippen molar-refractivity contribution < 1.29 is 4.42 Å². The summed E-state index contributed by atoms with van der Waals surface area (Å²) in [5.41, 5.74) is 8.34. The highest BCUT2D eigenvalue weighted by Crippen LogP contribution is 2.30. The molecular formula is C20H15N5O. The van der Waals surface area contributed by atoms with E-state index in [4.69, 9.17) is 4.42 Å². The molecule has 0 amide bonds. The fraction of sp³-hybridized carbons (Fsp3) is 0.0500. The zero-order chi connectivity index (χ0) is 17.5. The smallest absolute Gasteiger partial charge is 0.197 e. The summed E-state index contributed by atoms with van der Waals surface area (Å²) in [6.45, 7) is 2.03. The van der Waals surface area contributed by atoms with E-state index >= 15 is 0 Å². The number of hydrogen-bond donors (Lipinski definition) is 2. The van der Waals surface area contributed by atoms with Gasteiger partial charge in [0, 0.05) is 27.5 Å². The molecular weight excluding hydrogens is 326 g/mol. The predicted molar refractivity (Wildman–Crippen MR) is 104 cm³/mol. The Morgan fingerprint density at radius 2 is 1.85 bits per heavy atom. The minimum Gasteiger partial charge on any atom is -0.450 e. The highest BCUT2D eigenvalue weighted by Gasteiger charge is 2.12. The molecule has 3 heterocycles. The van der Waals surface area contributed by atoms with Crippen LogP contribution >= 0.6 is 0 Å². The van der Waals surface area contributed by atoms with Crippen LogP contribution in [0.15, 0.2) is 64.4 Å². The number of rotatable bonds is 3. The lowest BCUT2D eigenvalue weighted by Gasteiger charge is -1.99. The third-order valence-electron chi connectivity index (χ3n) is 4.47. The highest BCUT2D eigenvalue weighted by molar-refractivity contribution is 6.05. The number of aryl methyl sites for hydroxylation is 1. The van der Waals surface area contributed by atoms with Gasteiger partial charge in [0.1, 0.15) is 17.4 Å². The van der Waals surface area contributed by atoms with Gasteiger partial charge in [0.05, 0.1) is 6.21 Å². The lowest BCUT2D eigenvalue weighted by molar-refractivity contribution is 0.667. The van der Waals surface area contributed by atoms with Crippen molar-refractivity contribution in [1.29, 1.82) is 0 Å². The molecule has 2 aromatic carbocycles. The average molecular weight is 341 g/mol. The van der Waals surface area contributed by atoms with Crippen LogP contribution in [0.25, 0.3) is 33.0 Å². The van der Waals surface area contributed by atoms with E-state index < -0.39 is 0 Å². The van der Waals surface area contributed by atoms with E-state index in [9.17, 15) is 0 Å². The number of H-pyrrole nitrogens is 1. The number of fused-ring (bicyclic) bond motifs is 4. The molecule has 5 rings (SSSR count). The molecule has 126 valence electrons. The summed E-state index contributed by atoms with van der Waals surface area (Å²) < 4.78 is 5.90. The van der Waals surface area contributed by atoms with Crippen LogP contribution in [0, 0.1) is 6.92 Å². The first-order valence-corrected chi connectivity index (χ1v) is 8.30. The van der Waals surface area contributed by atoms with Crippen LogP contribution in [0.3, 0.4) is 0 Å². The summed E-state index contributed by atoms with van der Waals surface area (Å²) in [6.07, 6.45) is 3.31. The summed E-state index contributed by atoms with van der Waals surface area (Å²) >= 11 is 0. The topological polar surface area (TPSA) is 79.1 Å². The fourth-order valence-corrected chi connectivity index (χ4v) is 3.23. The van der Waals surface area contributed by atoms with Crippen LogP contribution in [-0.2, 0) is 0 Å². The number of hydrazone groups is 1. The third kappa shape index (κ3) is 2.23. The van der Waals surface area contributed by atoms with Gasteiger partial charge in [0.15, 0.2) is 11.4 Å². The normalized spacial score (nSPS) is 11.9. The summed E-state index contributed by atoms with van der Waals surface area (Å²) in [5, 5.41) is 6.46. The Labute approximate surface area is 148 Å². The summed E-state index contributed by atoms with van der Waals surface area (Å²) in [7, 11) is 0. The number of para-hydroxylation sites is 2. The molecule has 0 bridgehead atoms. The van der Waals surface area contributed by atoms with Crippen LogP contribution < -0.4 is 5.43 Å². The van der Waals surface area contributed by atoms with Crippen molar-refractivity contribution in [3.05, 3.63) is 66.1 Å². The Hall–Kier alpha value is -3.67. The standard InChI is InChI=1S/C20H15N5O/c1-12-15(13-6-2-4-8-16(13)24-12)10-23-25-20-19-18(21-11-22-20)14-7-3-5-9-17(14)26-19/h2-11,24H,1H3,(H,21,22,25)/b23-10+. The number of nitrogens with one attached hydrogen (secondary N) is 2. The molecule has 0 aliphatic rings. The molecule has 0 fully saturated rings. The molecule has 0 unspecified atom stereocenters. The number of benzene rings is 2. The van der Waals surface area contributed by atoms with Crippen LogP contribution in [0.5, 0.6) is 0 Å². The van der Waals surface area contributed by atoms with E-state index in [1.54, 1.807) is 6.21 Å². The van der Waals surface area contributed by atoms with Crippen LogP contribution in [-0.4, -0.2) is 21.2 Å². The lowest BCUT2D eigenvalue weighted by Crippen LogP contribution is -1.95. The monoisotopic (exact) mass is 341 g/mol. The summed E-state index contributed by atoms with van der Waals surface area (Å²) in [5.74, 6) is 0.542.